The van der Waals surface area contributed by atoms with Gasteiger partial charge in [0.2, 0.25) is 0 Å². The number of carbonyl (C=O) groups excluding carboxylic acids is 1. The van der Waals surface area contributed by atoms with Crippen LogP contribution in [0.3, 0.4) is 0 Å². The highest BCUT2D eigenvalue weighted by atomic mass is 32.2. The van der Waals surface area contributed by atoms with Crippen molar-refractivity contribution in [2.24, 2.45) is 0 Å². The lowest BCUT2D eigenvalue weighted by molar-refractivity contribution is -0.137. The van der Waals surface area contributed by atoms with Gasteiger partial charge in [-0.25, -0.2) is 0 Å². The van der Waals surface area contributed by atoms with Crippen LogP contribution in [0, 0.1) is 0 Å². The van der Waals surface area contributed by atoms with Gasteiger partial charge in [-0.2, -0.15) is 0 Å². The van der Waals surface area contributed by atoms with E-state index in [1.165, 1.54) is 16.7 Å². The summed E-state index contributed by atoms with van der Waals surface area (Å²) >= 11 is 6.48. The molecule has 8 heteroatoms. The Morgan fingerprint density at radius 3 is 3.00 bits per heavy atom. The number of fused-ring (bicyclic) bond motifs is 1. The van der Waals surface area contributed by atoms with Gasteiger partial charge in [0.1, 0.15) is 21.9 Å². The largest absolute Gasteiger partial charge is 0.496 e. The van der Waals surface area contributed by atoms with Crippen molar-refractivity contribution in [2.75, 3.05) is 13.7 Å². The molecule has 0 aromatic heterocycles. The maximum absolute atomic E-state index is 12.6. The molecule has 1 N–H and O–H groups in total. The van der Waals surface area contributed by atoms with Crippen molar-refractivity contribution in [3.8, 4) is 11.5 Å². The van der Waals surface area contributed by atoms with Crippen molar-refractivity contribution in [1.82, 2.24) is 4.90 Å². The van der Waals surface area contributed by atoms with E-state index in [4.69, 9.17) is 26.8 Å². The maximum Gasteiger partial charge on any atom is 0.303 e. The van der Waals surface area contributed by atoms with Crippen LogP contribution in [0.25, 0.3) is 6.08 Å². The van der Waals surface area contributed by atoms with E-state index in [2.05, 4.69) is 0 Å². The van der Waals surface area contributed by atoms with Gasteiger partial charge < -0.3 is 14.6 Å². The van der Waals surface area contributed by atoms with Crippen molar-refractivity contribution in [2.45, 2.75) is 32.3 Å². The fourth-order valence-electron chi connectivity index (χ4n) is 2.97. The number of carboxylic acid groups (broad SMARTS) is 1. The third-order valence-electron chi connectivity index (χ3n) is 4.18. The first-order valence-corrected chi connectivity index (χ1v) is 9.46. The Balaban J connectivity index is 1.82. The van der Waals surface area contributed by atoms with Crippen molar-refractivity contribution in [1.29, 1.82) is 0 Å². The number of carboxylic acids is 1. The van der Waals surface area contributed by atoms with Crippen LogP contribution in [-0.4, -0.2) is 46.0 Å². The van der Waals surface area contributed by atoms with E-state index in [1.807, 2.05) is 19.1 Å². The molecule has 0 radical (unpaired) electrons. The Hall–Kier alpha value is -2.06. The molecule has 2 aliphatic heterocycles. The summed E-state index contributed by atoms with van der Waals surface area (Å²) < 4.78 is 11.7. The number of methoxy groups -OCH3 is 1. The van der Waals surface area contributed by atoms with Crippen molar-refractivity contribution >= 4 is 46.3 Å². The summed E-state index contributed by atoms with van der Waals surface area (Å²) in [4.78, 5) is 25.2. The van der Waals surface area contributed by atoms with Gasteiger partial charge in [0.15, 0.2) is 0 Å². The van der Waals surface area contributed by atoms with Gasteiger partial charge in [-0.3, -0.25) is 14.5 Å². The van der Waals surface area contributed by atoms with E-state index in [0.29, 0.717) is 27.9 Å². The maximum atomic E-state index is 12.6. The molecule has 0 spiro atoms. The molecule has 1 amide bonds. The Morgan fingerprint density at radius 1 is 1.54 bits per heavy atom. The lowest BCUT2D eigenvalue weighted by Gasteiger charge is -2.13. The summed E-state index contributed by atoms with van der Waals surface area (Å²) in [6.07, 6.45) is 3.07. The molecule has 1 unspecified atom stereocenters. The smallest absolute Gasteiger partial charge is 0.303 e. The summed E-state index contributed by atoms with van der Waals surface area (Å²) in [5.74, 6) is 0.393. The fraction of sp³-hybridized carbons (Fsp3) is 0.389. The van der Waals surface area contributed by atoms with Gasteiger partial charge in [-0.05, 0) is 31.6 Å². The fourth-order valence-corrected chi connectivity index (χ4v) is 4.27. The van der Waals surface area contributed by atoms with Crippen LogP contribution in [0.5, 0.6) is 11.5 Å². The monoisotopic (exact) mass is 393 g/mol. The minimum Gasteiger partial charge on any atom is -0.496 e. The SMILES string of the molecule is COc1cc2c(cc1/C=C1\SC(=S)N(CCCC(=O)O)C1=O)OC(C)C2. The van der Waals surface area contributed by atoms with E-state index in [1.54, 1.807) is 13.2 Å². The summed E-state index contributed by atoms with van der Waals surface area (Å²) in [6.45, 7) is 2.31. The van der Waals surface area contributed by atoms with Crippen molar-refractivity contribution in [3.05, 3.63) is 28.2 Å². The number of amides is 1. The van der Waals surface area contributed by atoms with Crippen LogP contribution < -0.4 is 9.47 Å². The molecular formula is C18H19NO5S2. The molecule has 1 aromatic rings. The van der Waals surface area contributed by atoms with E-state index in [-0.39, 0.29) is 18.4 Å². The molecular weight excluding hydrogens is 374 g/mol. The molecule has 138 valence electrons. The number of carbonyl (C=O) groups is 2. The summed E-state index contributed by atoms with van der Waals surface area (Å²) in [6, 6.07) is 3.83. The predicted molar refractivity (Wildman–Crippen MR) is 104 cm³/mol. The molecule has 1 saturated heterocycles. The highest BCUT2D eigenvalue weighted by Crippen LogP contribution is 2.39. The number of hydrogen-bond donors (Lipinski definition) is 1. The number of aliphatic carboxylic acids is 1. The predicted octanol–water partition coefficient (Wildman–Crippen LogP) is 3.08. The topological polar surface area (TPSA) is 76.1 Å². The first-order valence-electron chi connectivity index (χ1n) is 8.23. The minimum atomic E-state index is -0.886. The van der Waals surface area contributed by atoms with Gasteiger partial charge in [0.05, 0.1) is 12.0 Å². The summed E-state index contributed by atoms with van der Waals surface area (Å²) in [5, 5.41) is 8.74. The second-order valence-corrected chi connectivity index (χ2v) is 7.84. The zero-order valence-electron chi connectivity index (χ0n) is 14.5. The third-order valence-corrected chi connectivity index (χ3v) is 5.56. The van der Waals surface area contributed by atoms with E-state index in [9.17, 15) is 9.59 Å². The number of benzene rings is 1. The summed E-state index contributed by atoms with van der Waals surface area (Å²) in [7, 11) is 1.59. The van der Waals surface area contributed by atoms with Crippen LogP contribution in [-0.2, 0) is 16.0 Å². The van der Waals surface area contributed by atoms with Crippen LogP contribution in [0.4, 0.5) is 0 Å². The van der Waals surface area contributed by atoms with Gasteiger partial charge in [-0.15, -0.1) is 0 Å². The summed E-state index contributed by atoms with van der Waals surface area (Å²) in [5.41, 5.74) is 1.85. The van der Waals surface area contributed by atoms with Crippen LogP contribution in [0.15, 0.2) is 17.0 Å². The quantitative estimate of drug-likeness (QED) is 0.588. The third kappa shape index (κ3) is 3.86. The van der Waals surface area contributed by atoms with Gasteiger partial charge in [-0.1, -0.05) is 24.0 Å². The highest BCUT2D eigenvalue weighted by molar-refractivity contribution is 8.26. The number of rotatable bonds is 6. The Bertz CT molecular complexity index is 805. The second-order valence-electron chi connectivity index (χ2n) is 6.17. The average molecular weight is 393 g/mol. The lowest BCUT2D eigenvalue weighted by Crippen LogP contribution is -2.29. The molecule has 2 heterocycles. The van der Waals surface area contributed by atoms with E-state index >= 15 is 0 Å². The van der Waals surface area contributed by atoms with Crippen molar-refractivity contribution < 1.29 is 24.2 Å². The van der Waals surface area contributed by atoms with Gasteiger partial charge in [0.25, 0.3) is 5.91 Å². The Labute approximate surface area is 161 Å². The number of thioether (sulfide) groups is 1. The molecule has 2 aliphatic rings. The molecule has 1 fully saturated rings. The van der Waals surface area contributed by atoms with Gasteiger partial charge >= 0.3 is 5.97 Å². The second kappa shape index (κ2) is 7.67. The average Bonchev–Trinajstić information content (AvgIpc) is 3.06. The highest BCUT2D eigenvalue weighted by Gasteiger charge is 2.32. The number of nitrogens with zero attached hydrogens (tertiary/aromatic N) is 1. The number of hydrogen-bond acceptors (Lipinski definition) is 6. The molecule has 1 atom stereocenters. The molecule has 1 aromatic carbocycles. The first kappa shape index (κ1) is 18.7. The Morgan fingerprint density at radius 2 is 2.31 bits per heavy atom. The molecule has 0 bridgehead atoms. The minimum absolute atomic E-state index is 0.00424. The van der Waals surface area contributed by atoms with Crippen LogP contribution in [0.1, 0.15) is 30.9 Å². The molecule has 3 rings (SSSR count). The normalized spacial score (nSPS) is 20.5. The molecule has 26 heavy (non-hydrogen) atoms. The van der Waals surface area contributed by atoms with Crippen molar-refractivity contribution in [3.63, 3.8) is 0 Å². The van der Waals surface area contributed by atoms with E-state index in [0.717, 1.165) is 23.3 Å². The zero-order chi connectivity index (χ0) is 18.8. The number of thiocarbonyl (C=S) groups is 1. The van der Waals surface area contributed by atoms with Crippen LogP contribution in [0.2, 0.25) is 0 Å². The van der Waals surface area contributed by atoms with E-state index < -0.39 is 5.97 Å². The molecule has 6 nitrogen and oxygen atoms in total. The van der Waals surface area contributed by atoms with Crippen LogP contribution >= 0.6 is 24.0 Å². The van der Waals surface area contributed by atoms with Gasteiger partial charge in [0, 0.05) is 30.5 Å². The first-order chi connectivity index (χ1) is 12.4. The standard InChI is InChI=1S/C18H19NO5S2/c1-10-6-11-7-13(23-2)12(8-14(11)24-10)9-15-17(22)19(18(25)26-15)5-3-4-16(20)21/h7-10H,3-6H2,1-2H3,(H,20,21)/b15-9-. The Kier molecular flexibility index (Phi) is 5.52. The lowest BCUT2D eigenvalue weighted by atomic mass is 10.1. The molecule has 0 saturated carbocycles. The zero-order valence-corrected chi connectivity index (χ0v) is 16.1. The molecule has 0 aliphatic carbocycles. The number of ether oxygens (including phenoxy) is 2.